The monoisotopic (exact) mass is 166 g/mol. The average molecular weight is 166 g/mol. The third-order valence-corrected chi connectivity index (χ3v) is 2.24. The van der Waals surface area contributed by atoms with Gasteiger partial charge in [-0.15, -0.1) is 0 Å². The zero-order valence-corrected chi connectivity index (χ0v) is 8.31. The van der Waals surface area contributed by atoms with Crippen LogP contribution in [0.1, 0.15) is 36.8 Å². The first-order chi connectivity index (χ1) is 5.52. The second kappa shape index (κ2) is 3.31. The molecule has 1 atom stereocenters. The Kier molecular flexibility index (Phi) is 2.58. The molecule has 0 radical (unpaired) electrons. The highest BCUT2D eigenvalue weighted by atomic mass is 14.8. The lowest BCUT2D eigenvalue weighted by Gasteiger charge is -2.15. The first kappa shape index (κ1) is 9.33. The van der Waals surface area contributed by atoms with Gasteiger partial charge in [0.1, 0.15) is 0 Å². The molecule has 12 heavy (non-hydrogen) atoms. The SMILES string of the molecule is Cc1cc(C)c([C@@H](N)C(C)C)[nH]1. The number of aromatic nitrogens is 1. The van der Waals surface area contributed by atoms with Crippen LogP contribution in [0.5, 0.6) is 0 Å². The van der Waals surface area contributed by atoms with Gasteiger partial charge >= 0.3 is 0 Å². The maximum atomic E-state index is 6.02. The molecule has 1 aromatic heterocycles. The van der Waals surface area contributed by atoms with E-state index < -0.39 is 0 Å². The molecule has 0 saturated carbocycles. The minimum Gasteiger partial charge on any atom is -0.361 e. The molecule has 3 N–H and O–H groups in total. The summed E-state index contributed by atoms with van der Waals surface area (Å²) in [6, 6.07) is 2.27. The number of H-pyrrole nitrogens is 1. The molecule has 0 spiro atoms. The summed E-state index contributed by atoms with van der Waals surface area (Å²) in [5, 5.41) is 0. The lowest BCUT2D eigenvalue weighted by molar-refractivity contribution is 0.502. The van der Waals surface area contributed by atoms with Crippen molar-refractivity contribution in [3.63, 3.8) is 0 Å². The van der Waals surface area contributed by atoms with Crippen LogP contribution in [0.25, 0.3) is 0 Å². The summed E-state index contributed by atoms with van der Waals surface area (Å²) >= 11 is 0. The van der Waals surface area contributed by atoms with Gasteiger partial charge in [0.15, 0.2) is 0 Å². The lowest BCUT2D eigenvalue weighted by Crippen LogP contribution is -2.17. The van der Waals surface area contributed by atoms with Crippen LogP contribution >= 0.6 is 0 Å². The van der Waals surface area contributed by atoms with E-state index in [0.717, 1.165) is 0 Å². The summed E-state index contributed by atoms with van der Waals surface area (Å²) in [5.74, 6) is 0.488. The number of nitrogens with one attached hydrogen (secondary N) is 1. The summed E-state index contributed by atoms with van der Waals surface area (Å²) < 4.78 is 0. The van der Waals surface area contributed by atoms with Crippen LogP contribution < -0.4 is 5.73 Å². The van der Waals surface area contributed by atoms with Gasteiger partial charge in [-0.25, -0.2) is 0 Å². The highest BCUT2D eigenvalue weighted by molar-refractivity contribution is 5.26. The van der Waals surface area contributed by atoms with Gasteiger partial charge in [-0.3, -0.25) is 0 Å². The molecule has 0 bridgehead atoms. The second-order valence-corrected chi connectivity index (χ2v) is 3.82. The van der Waals surface area contributed by atoms with Crippen molar-refractivity contribution in [2.24, 2.45) is 11.7 Å². The fourth-order valence-corrected chi connectivity index (χ4v) is 1.43. The van der Waals surface area contributed by atoms with E-state index in [-0.39, 0.29) is 6.04 Å². The van der Waals surface area contributed by atoms with Crippen LogP contribution in [0.15, 0.2) is 6.07 Å². The Morgan fingerprint density at radius 3 is 2.25 bits per heavy atom. The Hall–Kier alpha value is -0.760. The first-order valence-corrected chi connectivity index (χ1v) is 4.44. The van der Waals surface area contributed by atoms with Crippen LogP contribution in [0.3, 0.4) is 0 Å². The Morgan fingerprint density at radius 1 is 1.33 bits per heavy atom. The van der Waals surface area contributed by atoms with Gasteiger partial charge in [0.2, 0.25) is 0 Å². The highest BCUT2D eigenvalue weighted by Gasteiger charge is 2.14. The zero-order valence-electron chi connectivity index (χ0n) is 8.31. The molecule has 0 aliphatic carbocycles. The molecule has 0 unspecified atom stereocenters. The Labute approximate surface area is 74.2 Å². The Bertz CT molecular complexity index is 261. The molecule has 0 saturated heterocycles. The topological polar surface area (TPSA) is 41.8 Å². The van der Waals surface area contributed by atoms with E-state index in [2.05, 4.69) is 38.7 Å². The fraction of sp³-hybridized carbons (Fsp3) is 0.600. The lowest BCUT2D eigenvalue weighted by atomic mass is 10.00. The first-order valence-electron chi connectivity index (χ1n) is 4.44. The van der Waals surface area contributed by atoms with E-state index in [0.29, 0.717) is 5.92 Å². The van der Waals surface area contributed by atoms with E-state index in [1.165, 1.54) is 17.0 Å². The van der Waals surface area contributed by atoms with Crippen LogP contribution in [-0.4, -0.2) is 4.98 Å². The van der Waals surface area contributed by atoms with Crippen molar-refractivity contribution in [1.82, 2.24) is 4.98 Å². The summed E-state index contributed by atoms with van der Waals surface area (Å²) in [7, 11) is 0. The molecule has 1 heterocycles. The Morgan fingerprint density at radius 2 is 1.92 bits per heavy atom. The molecule has 0 amide bonds. The molecule has 2 nitrogen and oxygen atoms in total. The van der Waals surface area contributed by atoms with Gasteiger partial charge in [-0.2, -0.15) is 0 Å². The van der Waals surface area contributed by atoms with Crippen molar-refractivity contribution in [3.8, 4) is 0 Å². The van der Waals surface area contributed by atoms with Gasteiger partial charge in [0.25, 0.3) is 0 Å². The van der Waals surface area contributed by atoms with Gasteiger partial charge < -0.3 is 10.7 Å². The molecular formula is C10H18N2. The molecule has 0 aliphatic heterocycles. The minimum absolute atomic E-state index is 0.138. The van der Waals surface area contributed by atoms with Gasteiger partial charge in [0, 0.05) is 17.4 Å². The number of rotatable bonds is 2. The Balaban J connectivity index is 2.94. The largest absolute Gasteiger partial charge is 0.361 e. The molecule has 0 aliphatic rings. The molecule has 1 rings (SSSR count). The third-order valence-electron chi connectivity index (χ3n) is 2.24. The van der Waals surface area contributed by atoms with E-state index in [1.807, 2.05) is 0 Å². The number of aryl methyl sites for hydroxylation is 2. The summed E-state index contributed by atoms with van der Waals surface area (Å²) in [6.07, 6.45) is 0. The minimum atomic E-state index is 0.138. The maximum Gasteiger partial charge on any atom is 0.0473 e. The van der Waals surface area contributed by atoms with E-state index in [4.69, 9.17) is 5.73 Å². The predicted molar refractivity (Wildman–Crippen MR) is 52.0 cm³/mol. The number of hydrogen-bond donors (Lipinski definition) is 2. The van der Waals surface area contributed by atoms with Crippen molar-refractivity contribution in [3.05, 3.63) is 23.0 Å². The molecule has 2 heteroatoms. The van der Waals surface area contributed by atoms with E-state index in [1.54, 1.807) is 0 Å². The molecule has 1 aromatic rings. The summed E-state index contributed by atoms with van der Waals surface area (Å²) in [6.45, 7) is 8.44. The van der Waals surface area contributed by atoms with Crippen LogP contribution in [0.2, 0.25) is 0 Å². The standard InChI is InChI=1S/C10H18N2/c1-6(2)9(11)10-7(3)5-8(4)12-10/h5-6,9,12H,11H2,1-4H3/t9-/m0/s1. The molecular weight excluding hydrogens is 148 g/mol. The van der Waals surface area contributed by atoms with Crippen molar-refractivity contribution in [2.75, 3.05) is 0 Å². The molecule has 0 fully saturated rings. The summed E-state index contributed by atoms with van der Waals surface area (Å²) in [5.41, 5.74) is 9.67. The quantitative estimate of drug-likeness (QED) is 0.695. The number of nitrogens with two attached hydrogens (primary N) is 1. The van der Waals surface area contributed by atoms with E-state index in [9.17, 15) is 0 Å². The molecule has 68 valence electrons. The highest BCUT2D eigenvalue weighted by Crippen LogP contribution is 2.21. The number of aromatic amines is 1. The number of hydrogen-bond acceptors (Lipinski definition) is 1. The smallest absolute Gasteiger partial charge is 0.0473 e. The summed E-state index contributed by atoms with van der Waals surface area (Å²) in [4.78, 5) is 3.30. The normalized spacial score (nSPS) is 13.8. The predicted octanol–water partition coefficient (Wildman–Crippen LogP) is 2.29. The van der Waals surface area contributed by atoms with E-state index >= 15 is 0 Å². The zero-order chi connectivity index (χ0) is 9.30. The van der Waals surface area contributed by atoms with Crippen molar-refractivity contribution < 1.29 is 0 Å². The van der Waals surface area contributed by atoms with Crippen LogP contribution in [0.4, 0.5) is 0 Å². The second-order valence-electron chi connectivity index (χ2n) is 3.82. The van der Waals surface area contributed by atoms with Crippen molar-refractivity contribution >= 4 is 0 Å². The maximum absolute atomic E-state index is 6.02. The van der Waals surface area contributed by atoms with Crippen LogP contribution in [0, 0.1) is 19.8 Å². The van der Waals surface area contributed by atoms with Crippen molar-refractivity contribution in [2.45, 2.75) is 33.7 Å². The van der Waals surface area contributed by atoms with Crippen molar-refractivity contribution in [1.29, 1.82) is 0 Å². The fourth-order valence-electron chi connectivity index (χ4n) is 1.43. The van der Waals surface area contributed by atoms with Gasteiger partial charge in [-0.05, 0) is 31.4 Å². The third kappa shape index (κ3) is 1.69. The van der Waals surface area contributed by atoms with Gasteiger partial charge in [-0.1, -0.05) is 13.8 Å². The molecule has 0 aromatic carbocycles. The average Bonchev–Trinajstić information content (AvgIpc) is 2.28. The van der Waals surface area contributed by atoms with Gasteiger partial charge in [0.05, 0.1) is 0 Å². The van der Waals surface area contributed by atoms with Crippen LogP contribution in [-0.2, 0) is 0 Å².